The van der Waals surface area contributed by atoms with Crippen LogP contribution >= 0.6 is 0 Å². The Bertz CT molecular complexity index is 405. The normalized spacial score (nSPS) is 23.7. The van der Waals surface area contributed by atoms with E-state index in [0.717, 1.165) is 37.7 Å². The number of aryl methyl sites for hydroxylation is 1. The zero-order chi connectivity index (χ0) is 13.9. The molecule has 1 N–H and O–H groups in total. The number of hydrogen-bond acceptors (Lipinski definition) is 5. The zero-order valence-corrected chi connectivity index (χ0v) is 12.3. The first-order chi connectivity index (χ1) is 9.02. The highest BCUT2D eigenvalue weighted by Gasteiger charge is 2.33. The van der Waals surface area contributed by atoms with Crippen molar-refractivity contribution in [2.75, 3.05) is 26.8 Å². The molecule has 1 aromatic rings. The van der Waals surface area contributed by atoms with Crippen molar-refractivity contribution >= 4 is 0 Å². The Kier molecular flexibility index (Phi) is 4.54. The highest BCUT2D eigenvalue weighted by atomic mass is 16.5. The molecule has 1 aliphatic rings. The molecule has 2 rings (SSSR count). The second kappa shape index (κ2) is 5.98. The van der Waals surface area contributed by atoms with Crippen molar-refractivity contribution in [1.82, 2.24) is 20.1 Å². The van der Waals surface area contributed by atoms with E-state index in [4.69, 9.17) is 9.47 Å². The van der Waals surface area contributed by atoms with Crippen LogP contribution in [0.25, 0.3) is 0 Å². The Morgan fingerprint density at radius 2 is 2.32 bits per heavy atom. The predicted molar refractivity (Wildman–Crippen MR) is 71.9 cm³/mol. The number of nitrogens with zero attached hydrogens (tertiary/aromatic N) is 3. The number of nitrogens with one attached hydrogen (secondary N) is 1. The van der Waals surface area contributed by atoms with Gasteiger partial charge in [0.25, 0.3) is 0 Å². The van der Waals surface area contributed by atoms with Gasteiger partial charge in [0.1, 0.15) is 11.6 Å². The molecule has 0 saturated carbocycles. The lowest BCUT2D eigenvalue weighted by atomic mass is 10.1. The van der Waals surface area contributed by atoms with Crippen molar-refractivity contribution in [1.29, 1.82) is 0 Å². The number of aromatic nitrogens is 3. The van der Waals surface area contributed by atoms with Gasteiger partial charge in [-0.3, -0.25) is 10.00 Å². The molecule has 0 bridgehead atoms. The summed E-state index contributed by atoms with van der Waals surface area (Å²) in [4.78, 5) is 6.80. The predicted octanol–water partition coefficient (Wildman–Crippen LogP) is 0.993. The van der Waals surface area contributed by atoms with E-state index < -0.39 is 0 Å². The average molecular weight is 268 g/mol. The Balaban J connectivity index is 1.98. The van der Waals surface area contributed by atoms with Crippen molar-refractivity contribution in [3.63, 3.8) is 0 Å². The molecule has 2 heterocycles. The second-order valence-electron chi connectivity index (χ2n) is 5.68. The molecule has 0 radical (unpaired) electrons. The quantitative estimate of drug-likeness (QED) is 0.863. The van der Waals surface area contributed by atoms with Crippen molar-refractivity contribution in [2.24, 2.45) is 0 Å². The minimum atomic E-state index is -0.158. The number of ether oxygens (including phenoxy) is 2. The van der Waals surface area contributed by atoms with Crippen LogP contribution in [0.1, 0.15) is 32.4 Å². The van der Waals surface area contributed by atoms with Gasteiger partial charge in [0.15, 0.2) is 0 Å². The topological polar surface area (TPSA) is 63.3 Å². The van der Waals surface area contributed by atoms with Crippen molar-refractivity contribution in [3.8, 4) is 0 Å². The zero-order valence-electron chi connectivity index (χ0n) is 12.3. The van der Waals surface area contributed by atoms with Crippen LogP contribution in [0.2, 0.25) is 0 Å². The molecule has 1 atom stereocenters. The molecule has 6 heteroatoms. The molecule has 1 aromatic heterocycles. The SMILES string of the molecule is CCc1n[nH]c(CN2C[C@@H](COC)OC(C)(C)C2)n1. The summed E-state index contributed by atoms with van der Waals surface area (Å²) in [5.74, 6) is 1.79. The van der Waals surface area contributed by atoms with Gasteiger partial charge in [-0.2, -0.15) is 5.10 Å². The van der Waals surface area contributed by atoms with E-state index in [1.807, 2.05) is 0 Å². The molecule has 1 fully saturated rings. The Hall–Kier alpha value is -0.980. The van der Waals surface area contributed by atoms with Gasteiger partial charge in [-0.15, -0.1) is 0 Å². The van der Waals surface area contributed by atoms with E-state index in [9.17, 15) is 0 Å². The summed E-state index contributed by atoms with van der Waals surface area (Å²) in [5.41, 5.74) is -0.158. The first kappa shape index (κ1) is 14.4. The molecule has 0 aromatic carbocycles. The second-order valence-corrected chi connectivity index (χ2v) is 5.68. The van der Waals surface area contributed by atoms with E-state index in [1.165, 1.54) is 0 Å². The van der Waals surface area contributed by atoms with Gasteiger partial charge in [-0.05, 0) is 13.8 Å². The summed E-state index contributed by atoms with van der Waals surface area (Å²) >= 11 is 0. The standard InChI is InChI=1S/C13H24N4O2/c1-5-11-14-12(16-15-11)7-17-6-10(8-18-4)19-13(2,3)9-17/h10H,5-9H2,1-4H3,(H,14,15,16)/t10-/m0/s1. The number of rotatable bonds is 5. The molecule has 0 amide bonds. The van der Waals surface area contributed by atoms with Gasteiger partial charge < -0.3 is 9.47 Å². The molecule has 19 heavy (non-hydrogen) atoms. The minimum Gasteiger partial charge on any atom is -0.382 e. The van der Waals surface area contributed by atoms with E-state index in [2.05, 4.69) is 40.9 Å². The van der Waals surface area contributed by atoms with E-state index in [-0.39, 0.29) is 11.7 Å². The summed E-state index contributed by atoms with van der Waals surface area (Å²) in [6.45, 7) is 9.42. The summed E-state index contributed by atoms with van der Waals surface area (Å²) in [5, 5.41) is 7.18. The van der Waals surface area contributed by atoms with Gasteiger partial charge in [0, 0.05) is 26.6 Å². The Labute approximate surface area is 114 Å². The maximum Gasteiger partial charge on any atom is 0.150 e. The first-order valence-corrected chi connectivity index (χ1v) is 6.81. The van der Waals surface area contributed by atoms with E-state index in [0.29, 0.717) is 6.61 Å². The Morgan fingerprint density at radius 3 is 2.95 bits per heavy atom. The summed E-state index contributed by atoms with van der Waals surface area (Å²) < 4.78 is 11.2. The molecule has 6 nitrogen and oxygen atoms in total. The van der Waals surface area contributed by atoms with Crippen LogP contribution in [0.5, 0.6) is 0 Å². The van der Waals surface area contributed by atoms with Crippen molar-refractivity contribution in [3.05, 3.63) is 11.6 Å². The lowest BCUT2D eigenvalue weighted by molar-refractivity contribution is -0.154. The van der Waals surface area contributed by atoms with Crippen molar-refractivity contribution in [2.45, 2.75) is 45.4 Å². The summed E-state index contributed by atoms with van der Waals surface area (Å²) in [7, 11) is 1.71. The number of morpholine rings is 1. The minimum absolute atomic E-state index is 0.113. The fourth-order valence-corrected chi connectivity index (χ4v) is 2.59. The third-order valence-corrected chi connectivity index (χ3v) is 3.17. The van der Waals surface area contributed by atoms with Crippen LogP contribution in [0, 0.1) is 0 Å². The Morgan fingerprint density at radius 1 is 1.53 bits per heavy atom. The highest BCUT2D eigenvalue weighted by Crippen LogP contribution is 2.22. The van der Waals surface area contributed by atoms with Crippen LogP contribution in [0.15, 0.2) is 0 Å². The van der Waals surface area contributed by atoms with Gasteiger partial charge >= 0.3 is 0 Å². The molecule has 108 valence electrons. The largest absolute Gasteiger partial charge is 0.382 e. The highest BCUT2D eigenvalue weighted by molar-refractivity contribution is 4.92. The number of hydrogen-bond donors (Lipinski definition) is 1. The summed E-state index contributed by atoms with van der Waals surface area (Å²) in [6, 6.07) is 0. The fraction of sp³-hybridized carbons (Fsp3) is 0.846. The first-order valence-electron chi connectivity index (χ1n) is 6.81. The van der Waals surface area contributed by atoms with E-state index in [1.54, 1.807) is 7.11 Å². The molecular weight excluding hydrogens is 244 g/mol. The third-order valence-electron chi connectivity index (χ3n) is 3.17. The molecule has 0 unspecified atom stereocenters. The number of H-pyrrole nitrogens is 1. The van der Waals surface area contributed by atoms with Crippen LogP contribution in [0.4, 0.5) is 0 Å². The van der Waals surface area contributed by atoms with Crippen molar-refractivity contribution < 1.29 is 9.47 Å². The fourth-order valence-electron chi connectivity index (χ4n) is 2.59. The van der Waals surface area contributed by atoms with Gasteiger partial charge in [0.05, 0.1) is 24.9 Å². The summed E-state index contributed by atoms with van der Waals surface area (Å²) in [6.07, 6.45) is 0.972. The molecule has 0 aliphatic carbocycles. The lowest BCUT2D eigenvalue weighted by Crippen LogP contribution is -2.53. The maximum absolute atomic E-state index is 6.00. The van der Waals surface area contributed by atoms with Crippen LogP contribution in [0.3, 0.4) is 0 Å². The maximum atomic E-state index is 6.00. The van der Waals surface area contributed by atoms with Crippen LogP contribution in [-0.4, -0.2) is 58.6 Å². The van der Waals surface area contributed by atoms with Crippen LogP contribution < -0.4 is 0 Å². The smallest absolute Gasteiger partial charge is 0.150 e. The molecule has 0 spiro atoms. The molecular formula is C13H24N4O2. The van der Waals surface area contributed by atoms with Gasteiger partial charge in [0.2, 0.25) is 0 Å². The monoisotopic (exact) mass is 268 g/mol. The van der Waals surface area contributed by atoms with E-state index >= 15 is 0 Å². The van der Waals surface area contributed by atoms with Gasteiger partial charge in [-0.1, -0.05) is 6.92 Å². The van der Waals surface area contributed by atoms with Gasteiger partial charge in [-0.25, -0.2) is 4.98 Å². The molecule has 1 aliphatic heterocycles. The number of methoxy groups -OCH3 is 1. The number of aromatic amines is 1. The van der Waals surface area contributed by atoms with Crippen LogP contribution in [-0.2, 0) is 22.4 Å². The molecule has 1 saturated heterocycles. The lowest BCUT2D eigenvalue weighted by Gasteiger charge is -2.42. The third kappa shape index (κ3) is 3.99. The average Bonchev–Trinajstić information content (AvgIpc) is 2.75.